The lowest BCUT2D eigenvalue weighted by molar-refractivity contribution is -0.151. The molecule has 1 aromatic rings. The number of aromatic nitrogens is 1. The standard InChI is InChI=1S/C20H33N3O7/c1-12(2)9-14(23(7)19(27)29-20(3,4)5)17(24)22(6)15(18(25)26)10-13-11-16(28-8)21-30-13/h11-12,14-15H,9-10H2,1-8H3,(H,25,26). The van der Waals surface area contributed by atoms with Gasteiger partial charge < -0.3 is 24.0 Å². The van der Waals surface area contributed by atoms with E-state index in [1.54, 1.807) is 20.8 Å². The van der Waals surface area contributed by atoms with Gasteiger partial charge in [-0.3, -0.25) is 9.69 Å². The maximum atomic E-state index is 13.2. The number of rotatable bonds is 9. The minimum atomic E-state index is -1.21. The number of ether oxygens (including phenoxy) is 2. The summed E-state index contributed by atoms with van der Waals surface area (Å²) in [4.78, 5) is 40.0. The molecule has 10 heteroatoms. The minimum Gasteiger partial charge on any atom is -0.480 e. The number of hydrogen-bond acceptors (Lipinski definition) is 7. The second-order valence-electron chi connectivity index (χ2n) is 8.58. The molecule has 2 unspecified atom stereocenters. The maximum absolute atomic E-state index is 13.2. The Hall–Kier alpha value is -2.78. The highest BCUT2D eigenvalue weighted by Crippen LogP contribution is 2.20. The van der Waals surface area contributed by atoms with E-state index in [9.17, 15) is 19.5 Å². The molecule has 1 heterocycles. The van der Waals surface area contributed by atoms with Crippen molar-refractivity contribution in [2.45, 2.75) is 65.1 Å². The van der Waals surface area contributed by atoms with Gasteiger partial charge in [-0.15, -0.1) is 0 Å². The third kappa shape index (κ3) is 7.23. The number of carbonyl (C=O) groups is 3. The zero-order chi connectivity index (χ0) is 23.2. The molecule has 10 nitrogen and oxygen atoms in total. The smallest absolute Gasteiger partial charge is 0.410 e. The second kappa shape index (κ2) is 10.3. The van der Waals surface area contributed by atoms with Crippen LogP contribution in [0.2, 0.25) is 0 Å². The van der Waals surface area contributed by atoms with Crippen molar-refractivity contribution in [3.8, 4) is 5.88 Å². The van der Waals surface area contributed by atoms with Gasteiger partial charge in [0.1, 0.15) is 23.4 Å². The first-order chi connectivity index (χ1) is 13.8. The van der Waals surface area contributed by atoms with Gasteiger partial charge in [0.05, 0.1) is 7.11 Å². The number of carboxylic acid groups (broad SMARTS) is 1. The predicted octanol–water partition coefficient (Wildman–Crippen LogP) is 2.42. The molecule has 0 bridgehead atoms. The predicted molar refractivity (Wildman–Crippen MR) is 108 cm³/mol. The monoisotopic (exact) mass is 427 g/mol. The van der Waals surface area contributed by atoms with Gasteiger partial charge in [-0.05, 0) is 38.3 Å². The fourth-order valence-electron chi connectivity index (χ4n) is 2.79. The van der Waals surface area contributed by atoms with Crippen molar-refractivity contribution in [2.24, 2.45) is 5.92 Å². The first-order valence-corrected chi connectivity index (χ1v) is 9.71. The average molecular weight is 427 g/mol. The van der Waals surface area contributed by atoms with Gasteiger partial charge >= 0.3 is 12.1 Å². The molecule has 0 aliphatic carbocycles. The molecule has 30 heavy (non-hydrogen) atoms. The first-order valence-electron chi connectivity index (χ1n) is 9.71. The molecule has 0 radical (unpaired) electrons. The van der Waals surface area contributed by atoms with Gasteiger partial charge in [0.2, 0.25) is 5.91 Å². The molecule has 2 amide bonds. The molecule has 1 N–H and O–H groups in total. The quantitative estimate of drug-likeness (QED) is 0.637. The highest BCUT2D eigenvalue weighted by Gasteiger charge is 2.37. The molecule has 2 atom stereocenters. The number of carbonyl (C=O) groups excluding carboxylic acids is 2. The van der Waals surface area contributed by atoms with Crippen LogP contribution in [0.4, 0.5) is 4.79 Å². The molecule has 0 aliphatic rings. The van der Waals surface area contributed by atoms with Gasteiger partial charge in [-0.2, -0.15) is 0 Å². The summed E-state index contributed by atoms with van der Waals surface area (Å²) >= 11 is 0. The lowest BCUT2D eigenvalue weighted by Crippen LogP contribution is -2.54. The summed E-state index contributed by atoms with van der Waals surface area (Å²) in [6.45, 7) is 9.03. The number of carboxylic acids is 1. The number of amides is 2. The van der Waals surface area contributed by atoms with E-state index in [0.29, 0.717) is 6.42 Å². The van der Waals surface area contributed by atoms with Crippen LogP contribution in [0, 0.1) is 5.92 Å². The van der Waals surface area contributed by atoms with E-state index in [0.717, 1.165) is 4.90 Å². The molecular weight excluding hydrogens is 394 g/mol. The van der Waals surface area contributed by atoms with Crippen LogP contribution < -0.4 is 4.74 Å². The summed E-state index contributed by atoms with van der Waals surface area (Å²) in [5.41, 5.74) is -0.725. The normalized spacial score (nSPS) is 13.5. The van der Waals surface area contributed by atoms with Gasteiger partial charge in [-0.1, -0.05) is 13.8 Å². The van der Waals surface area contributed by atoms with Crippen LogP contribution in [0.5, 0.6) is 5.88 Å². The molecule has 1 aromatic heterocycles. The van der Waals surface area contributed by atoms with Crippen molar-refractivity contribution in [1.82, 2.24) is 15.0 Å². The summed E-state index contributed by atoms with van der Waals surface area (Å²) in [5, 5.41) is 13.3. The zero-order valence-corrected chi connectivity index (χ0v) is 19.0. The van der Waals surface area contributed by atoms with Gasteiger partial charge in [0, 0.05) is 26.6 Å². The highest BCUT2D eigenvalue weighted by atomic mass is 16.6. The Bertz CT molecular complexity index is 739. The van der Waals surface area contributed by atoms with Crippen LogP contribution >= 0.6 is 0 Å². The van der Waals surface area contributed by atoms with Gasteiger partial charge in [-0.25, -0.2) is 9.59 Å². The summed E-state index contributed by atoms with van der Waals surface area (Å²) in [6.07, 6.45) is -0.401. The van der Waals surface area contributed by atoms with Gasteiger partial charge in [0.25, 0.3) is 5.88 Å². The van der Waals surface area contributed by atoms with Crippen molar-refractivity contribution < 1.29 is 33.5 Å². The zero-order valence-electron chi connectivity index (χ0n) is 19.0. The van der Waals surface area contributed by atoms with E-state index in [1.165, 1.54) is 32.2 Å². The van der Waals surface area contributed by atoms with Crippen LogP contribution in [-0.4, -0.2) is 76.9 Å². The van der Waals surface area contributed by atoms with Crippen LogP contribution in [0.25, 0.3) is 0 Å². The van der Waals surface area contributed by atoms with Crippen molar-refractivity contribution >= 4 is 18.0 Å². The SMILES string of the molecule is COc1cc(CC(C(=O)O)N(C)C(=O)C(CC(C)C)N(C)C(=O)OC(C)(C)C)on1. The Morgan fingerprint density at radius 2 is 1.77 bits per heavy atom. The summed E-state index contributed by atoms with van der Waals surface area (Å²) in [6, 6.07) is -0.625. The summed E-state index contributed by atoms with van der Waals surface area (Å²) < 4.78 is 15.4. The lowest BCUT2D eigenvalue weighted by Gasteiger charge is -2.34. The lowest BCUT2D eigenvalue weighted by atomic mass is 10.0. The number of nitrogens with zero attached hydrogens (tertiary/aromatic N) is 3. The molecule has 0 saturated heterocycles. The largest absolute Gasteiger partial charge is 0.480 e. The molecule has 170 valence electrons. The first kappa shape index (κ1) is 25.3. The number of aliphatic carboxylic acids is 1. The van der Waals surface area contributed by atoms with Crippen molar-refractivity contribution in [2.75, 3.05) is 21.2 Å². The Morgan fingerprint density at radius 3 is 2.20 bits per heavy atom. The Labute approximate surface area is 177 Å². The Morgan fingerprint density at radius 1 is 1.17 bits per heavy atom. The van der Waals surface area contributed by atoms with Crippen molar-refractivity contribution in [3.05, 3.63) is 11.8 Å². The molecular formula is C20H33N3O7. The number of likely N-dealkylation sites (N-methyl/N-ethyl adjacent to an activating group) is 2. The molecule has 0 fully saturated rings. The third-order valence-corrected chi connectivity index (χ3v) is 4.37. The van der Waals surface area contributed by atoms with E-state index in [-0.39, 0.29) is 24.0 Å². The van der Waals surface area contributed by atoms with Crippen LogP contribution in [0.3, 0.4) is 0 Å². The van der Waals surface area contributed by atoms with E-state index < -0.39 is 35.7 Å². The van der Waals surface area contributed by atoms with E-state index >= 15 is 0 Å². The maximum Gasteiger partial charge on any atom is 0.410 e. The Balaban J connectivity index is 3.08. The van der Waals surface area contributed by atoms with Crippen LogP contribution in [0.1, 0.15) is 46.8 Å². The summed E-state index contributed by atoms with van der Waals surface area (Å²) in [7, 11) is 4.28. The molecule has 0 spiro atoms. The number of methoxy groups -OCH3 is 1. The minimum absolute atomic E-state index is 0.0825. The fourth-order valence-corrected chi connectivity index (χ4v) is 2.79. The molecule has 0 aromatic carbocycles. The Kier molecular flexibility index (Phi) is 8.68. The topological polar surface area (TPSA) is 122 Å². The molecule has 1 rings (SSSR count). The van der Waals surface area contributed by atoms with Crippen LogP contribution in [0.15, 0.2) is 10.6 Å². The second-order valence-corrected chi connectivity index (χ2v) is 8.58. The summed E-state index contributed by atoms with van der Waals surface area (Å²) in [5.74, 6) is -1.15. The fraction of sp³-hybridized carbons (Fsp3) is 0.700. The molecule has 0 saturated carbocycles. The third-order valence-electron chi connectivity index (χ3n) is 4.37. The van der Waals surface area contributed by atoms with Crippen LogP contribution in [-0.2, 0) is 20.7 Å². The van der Waals surface area contributed by atoms with E-state index in [1.807, 2.05) is 13.8 Å². The van der Waals surface area contributed by atoms with Crippen molar-refractivity contribution in [3.63, 3.8) is 0 Å². The highest BCUT2D eigenvalue weighted by molar-refractivity contribution is 5.89. The number of hydrogen-bond donors (Lipinski definition) is 1. The van der Waals surface area contributed by atoms with E-state index in [4.69, 9.17) is 14.0 Å². The molecule has 0 aliphatic heterocycles. The van der Waals surface area contributed by atoms with Gasteiger partial charge in [0.15, 0.2) is 0 Å². The average Bonchev–Trinajstić information content (AvgIpc) is 3.08. The van der Waals surface area contributed by atoms with Crippen molar-refractivity contribution in [1.29, 1.82) is 0 Å². The van der Waals surface area contributed by atoms with E-state index in [2.05, 4.69) is 5.16 Å².